The van der Waals surface area contributed by atoms with Crippen molar-refractivity contribution in [2.75, 3.05) is 17.6 Å². The molecule has 0 atom stereocenters. The van der Waals surface area contributed by atoms with E-state index in [9.17, 15) is 0 Å². The smallest absolute Gasteiger partial charge is 0.149 e. The van der Waals surface area contributed by atoms with Gasteiger partial charge in [0.25, 0.3) is 0 Å². The first-order valence-electron chi connectivity index (χ1n) is 6.71. The maximum atomic E-state index is 5.84. The van der Waals surface area contributed by atoms with Crippen molar-refractivity contribution in [3.05, 3.63) is 17.8 Å². The van der Waals surface area contributed by atoms with Crippen LogP contribution in [0.3, 0.4) is 0 Å². The van der Waals surface area contributed by atoms with Crippen LogP contribution in [0.15, 0.2) is 12.1 Å². The minimum absolute atomic E-state index is 0.738. The fourth-order valence-corrected chi connectivity index (χ4v) is 1.82. The summed E-state index contributed by atoms with van der Waals surface area (Å²) < 4.78 is 0. The number of nitrogens with two attached hydrogens (primary N) is 1. The van der Waals surface area contributed by atoms with E-state index < -0.39 is 0 Å². The van der Waals surface area contributed by atoms with Gasteiger partial charge in [-0.2, -0.15) is 0 Å². The molecule has 3 heteroatoms. The number of rotatable bonds is 8. The lowest BCUT2D eigenvalue weighted by Gasteiger charge is -2.08. The summed E-state index contributed by atoms with van der Waals surface area (Å²) in [5.74, 6) is 0.832. The van der Waals surface area contributed by atoms with Crippen molar-refractivity contribution in [3.8, 4) is 0 Å². The number of nitrogens with zero attached hydrogens (tertiary/aromatic N) is 1. The van der Waals surface area contributed by atoms with Crippen LogP contribution in [0, 0.1) is 6.92 Å². The number of anilines is 2. The van der Waals surface area contributed by atoms with Crippen LogP contribution in [-0.2, 0) is 0 Å². The molecule has 1 heterocycles. The summed E-state index contributed by atoms with van der Waals surface area (Å²) in [7, 11) is 0. The van der Waals surface area contributed by atoms with E-state index in [2.05, 4.69) is 17.2 Å². The molecule has 0 spiro atoms. The Morgan fingerprint density at radius 1 is 1.12 bits per heavy atom. The molecule has 96 valence electrons. The van der Waals surface area contributed by atoms with Gasteiger partial charge in [0.15, 0.2) is 0 Å². The molecule has 0 saturated heterocycles. The molecule has 0 fully saturated rings. The number of aromatic nitrogens is 1. The number of hydrogen-bond donors (Lipinski definition) is 2. The Labute approximate surface area is 105 Å². The predicted octanol–water partition coefficient (Wildman–Crippen LogP) is 3.74. The second-order valence-corrected chi connectivity index (χ2v) is 4.59. The van der Waals surface area contributed by atoms with Crippen molar-refractivity contribution in [2.24, 2.45) is 0 Å². The third kappa shape index (κ3) is 5.57. The summed E-state index contributed by atoms with van der Waals surface area (Å²) in [6.45, 7) is 5.19. The fourth-order valence-electron chi connectivity index (χ4n) is 1.82. The maximum Gasteiger partial charge on any atom is 0.149 e. The predicted molar refractivity (Wildman–Crippen MR) is 75.3 cm³/mol. The van der Waals surface area contributed by atoms with Crippen molar-refractivity contribution in [2.45, 2.75) is 52.4 Å². The number of hydrogen-bond acceptors (Lipinski definition) is 3. The van der Waals surface area contributed by atoms with E-state index in [-0.39, 0.29) is 0 Å². The Balaban J connectivity index is 2.15. The van der Waals surface area contributed by atoms with Crippen LogP contribution in [0.1, 0.15) is 51.1 Å². The molecule has 0 aliphatic heterocycles. The van der Waals surface area contributed by atoms with Gasteiger partial charge < -0.3 is 11.1 Å². The molecule has 0 bridgehead atoms. The minimum Gasteiger partial charge on any atom is -0.396 e. The molecule has 1 aromatic heterocycles. The number of unbranched alkanes of at least 4 members (excludes halogenated alkanes) is 5. The van der Waals surface area contributed by atoms with E-state index >= 15 is 0 Å². The van der Waals surface area contributed by atoms with Gasteiger partial charge >= 0.3 is 0 Å². The number of pyridine rings is 1. The molecule has 0 aliphatic carbocycles. The normalized spacial score (nSPS) is 10.5. The zero-order valence-corrected chi connectivity index (χ0v) is 11.1. The molecule has 3 nitrogen and oxygen atoms in total. The van der Waals surface area contributed by atoms with Crippen LogP contribution >= 0.6 is 0 Å². The van der Waals surface area contributed by atoms with E-state index in [1.165, 1.54) is 38.5 Å². The quantitative estimate of drug-likeness (QED) is 0.675. The minimum atomic E-state index is 0.738. The Kier molecular flexibility index (Phi) is 6.45. The maximum absolute atomic E-state index is 5.84. The van der Waals surface area contributed by atoms with E-state index in [1.807, 2.05) is 19.1 Å². The molecular weight excluding hydrogens is 210 g/mol. The van der Waals surface area contributed by atoms with Gasteiger partial charge in [0, 0.05) is 12.2 Å². The molecule has 1 aromatic rings. The first-order chi connectivity index (χ1) is 8.24. The number of aryl methyl sites for hydroxylation is 1. The Hall–Kier alpha value is -1.25. The molecule has 0 saturated carbocycles. The molecular formula is C14H25N3. The van der Waals surface area contributed by atoms with E-state index in [4.69, 9.17) is 5.73 Å². The first kappa shape index (κ1) is 13.8. The highest BCUT2D eigenvalue weighted by Crippen LogP contribution is 2.15. The van der Waals surface area contributed by atoms with Crippen molar-refractivity contribution in [3.63, 3.8) is 0 Å². The Bertz CT molecular complexity index is 323. The summed E-state index contributed by atoms with van der Waals surface area (Å²) in [6, 6.07) is 3.84. The molecule has 1 rings (SSSR count). The third-order valence-electron chi connectivity index (χ3n) is 2.89. The van der Waals surface area contributed by atoms with Crippen molar-refractivity contribution < 1.29 is 0 Å². The van der Waals surface area contributed by atoms with Gasteiger partial charge in [0.2, 0.25) is 0 Å². The van der Waals surface area contributed by atoms with E-state index in [0.29, 0.717) is 0 Å². The SMILES string of the molecule is CCCCCCCCNc1nc(C)ccc1N. The standard InChI is InChI=1S/C14H25N3/c1-3-4-5-6-7-8-11-16-14-13(15)10-9-12(2)17-14/h9-10H,3-8,11,15H2,1-2H3,(H,16,17). The third-order valence-corrected chi connectivity index (χ3v) is 2.89. The zero-order valence-electron chi connectivity index (χ0n) is 11.1. The highest BCUT2D eigenvalue weighted by atomic mass is 15.0. The summed E-state index contributed by atoms with van der Waals surface area (Å²) >= 11 is 0. The lowest BCUT2D eigenvalue weighted by Crippen LogP contribution is -2.06. The van der Waals surface area contributed by atoms with E-state index in [1.54, 1.807) is 0 Å². The fraction of sp³-hybridized carbons (Fsp3) is 0.643. The van der Waals surface area contributed by atoms with Crippen LogP contribution in [-0.4, -0.2) is 11.5 Å². The van der Waals surface area contributed by atoms with Gasteiger partial charge in [0.1, 0.15) is 5.82 Å². The van der Waals surface area contributed by atoms with Crippen molar-refractivity contribution in [1.29, 1.82) is 0 Å². The lowest BCUT2D eigenvalue weighted by molar-refractivity contribution is 0.617. The van der Waals surface area contributed by atoms with Crippen LogP contribution in [0.25, 0.3) is 0 Å². The van der Waals surface area contributed by atoms with Crippen LogP contribution in [0.5, 0.6) is 0 Å². The molecule has 0 radical (unpaired) electrons. The summed E-state index contributed by atoms with van der Waals surface area (Å²) in [5, 5.41) is 3.31. The summed E-state index contributed by atoms with van der Waals surface area (Å²) in [5.41, 5.74) is 7.59. The van der Waals surface area contributed by atoms with E-state index in [0.717, 1.165) is 23.7 Å². The summed E-state index contributed by atoms with van der Waals surface area (Å²) in [4.78, 5) is 4.38. The second-order valence-electron chi connectivity index (χ2n) is 4.59. The van der Waals surface area contributed by atoms with Gasteiger partial charge in [-0.1, -0.05) is 39.0 Å². The second kappa shape index (κ2) is 7.93. The molecule has 0 unspecified atom stereocenters. The van der Waals surface area contributed by atoms with Crippen molar-refractivity contribution in [1.82, 2.24) is 4.98 Å². The topological polar surface area (TPSA) is 50.9 Å². The zero-order chi connectivity index (χ0) is 12.5. The largest absolute Gasteiger partial charge is 0.396 e. The van der Waals surface area contributed by atoms with Gasteiger partial charge in [-0.25, -0.2) is 4.98 Å². The molecule has 3 N–H and O–H groups in total. The summed E-state index contributed by atoms with van der Waals surface area (Å²) in [6.07, 6.45) is 7.85. The van der Waals surface area contributed by atoms with Gasteiger partial charge in [-0.3, -0.25) is 0 Å². The average molecular weight is 235 g/mol. The molecule has 0 aliphatic rings. The lowest BCUT2D eigenvalue weighted by atomic mass is 10.1. The van der Waals surface area contributed by atoms with Gasteiger partial charge in [-0.05, 0) is 25.5 Å². The molecule has 0 amide bonds. The van der Waals surface area contributed by atoms with Crippen molar-refractivity contribution >= 4 is 11.5 Å². The Morgan fingerprint density at radius 2 is 1.82 bits per heavy atom. The first-order valence-corrected chi connectivity index (χ1v) is 6.71. The average Bonchev–Trinajstić information content (AvgIpc) is 2.32. The highest BCUT2D eigenvalue weighted by molar-refractivity contribution is 5.61. The highest BCUT2D eigenvalue weighted by Gasteiger charge is 1.99. The van der Waals surface area contributed by atoms with Crippen LogP contribution in [0.2, 0.25) is 0 Å². The monoisotopic (exact) mass is 235 g/mol. The van der Waals surface area contributed by atoms with Crippen LogP contribution < -0.4 is 11.1 Å². The van der Waals surface area contributed by atoms with Gasteiger partial charge in [0.05, 0.1) is 5.69 Å². The number of nitrogen functional groups attached to an aromatic ring is 1. The van der Waals surface area contributed by atoms with Crippen LogP contribution in [0.4, 0.5) is 11.5 Å². The van der Waals surface area contributed by atoms with Gasteiger partial charge in [-0.15, -0.1) is 0 Å². The Morgan fingerprint density at radius 3 is 2.59 bits per heavy atom. The molecule has 17 heavy (non-hydrogen) atoms. The molecule has 0 aromatic carbocycles. The number of nitrogens with one attached hydrogen (secondary N) is 1.